The largest absolute Gasteiger partial charge is 0.493 e. The summed E-state index contributed by atoms with van der Waals surface area (Å²) in [5.74, 6) is 1.35. The van der Waals surface area contributed by atoms with Gasteiger partial charge in [0, 0.05) is 6.54 Å². The van der Waals surface area contributed by atoms with Crippen LogP contribution in [0.4, 0.5) is 0 Å². The van der Waals surface area contributed by atoms with Crippen molar-refractivity contribution in [1.29, 1.82) is 0 Å². The van der Waals surface area contributed by atoms with Gasteiger partial charge in [-0.1, -0.05) is 0 Å². The minimum absolute atomic E-state index is 0.503. The summed E-state index contributed by atoms with van der Waals surface area (Å²) in [6.45, 7) is 0.503. The number of thioether (sulfide) groups is 1. The van der Waals surface area contributed by atoms with Crippen molar-refractivity contribution in [2.45, 2.75) is 11.0 Å². The van der Waals surface area contributed by atoms with Gasteiger partial charge in [0.25, 0.3) is 0 Å². The summed E-state index contributed by atoms with van der Waals surface area (Å²) in [5.41, 5.74) is 0.821. The van der Waals surface area contributed by atoms with E-state index in [1.54, 1.807) is 39.1 Å². The fraction of sp³-hybridized carbons (Fsp3) is 0.500. The van der Waals surface area contributed by atoms with Crippen molar-refractivity contribution in [2.24, 2.45) is 0 Å². The summed E-state index contributed by atoms with van der Waals surface area (Å²) in [6, 6.07) is 3.73. The van der Waals surface area contributed by atoms with Crippen LogP contribution in [0.25, 0.3) is 0 Å². The minimum Gasteiger partial charge on any atom is -0.493 e. The Kier molecular flexibility index (Phi) is 5.61. The van der Waals surface area contributed by atoms with E-state index in [0.717, 1.165) is 10.5 Å². The molecule has 5 heteroatoms. The number of methoxy groups -OCH3 is 2. The molecule has 0 bridgehead atoms. The fourth-order valence-corrected chi connectivity index (χ4v) is 2.23. The van der Waals surface area contributed by atoms with Gasteiger partial charge >= 0.3 is 0 Å². The first-order valence-corrected chi connectivity index (χ1v) is 6.53. The Morgan fingerprint density at radius 2 is 2.06 bits per heavy atom. The number of aliphatic hydroxyl groups is 1. The second-order valence-electron chi connectivity index (χ2n) is 3.53. The molecule has 1 aromatic carbocycles. The molecule has 0 saturated carbocycles. The van der Waals surface area contributed by atoms with Gasteiger partial charge in [0.05, 0.1) is 25.2 Å². The first-order valence-electron chi connectivity index (χ1n) is 5.30. The molecule has 0 saturated heterocycles. The van der Waals surface area contributed by atoms with Gasteiger partial charge in [0.2, 0.25) is 0 Å². The zero-order valence-electron chi connectivity index (χ0n) is 10.6. The molecule has 1 aromatic rings. The average molecular weight is 257 g/mol. The summed E-state index contributed by atoms with van der Waals surface area (Å²) >= 11 is 1.56. The molecule has 0 amide bonds. The Labute approximate surface area is 106 Å². The highest BCUT2D eigenvalue weighted by atomic mass is 32.2. The van der Waals surface area contributed by atoms with Gasteiger partial charge in [-0.05, 0) is 31.0 Å². The van der Waals surface area contributed by atoms with Crippen LogP contribution in [0.15, 0.2) is 17.0 Å². The molecule has 0 aromatic heterocycles. The van der Waals surface area contributed by atoms with Crippen molar-refractivity contribution in [3.05, 3.63) is 17.7 Å². The maximum absolute atomic E-state index is 9.96. The molecule has 0 aliphatic rings. The second-order valence-corrected chi connectivity index (χ2v) is 4.38. The molecule has 1 rings (SSSR count). The van der Waals surface area contributed by atoms with E-state index in [2.05, 4.69) is 5.32 Å². The van der Waals surface area contributed by atoms with E-state index in [1.165, 1.54) is 0 Å². The average Bonchev–Trinajstić information content (AvgIpc) is 2.37. The van der Waals surface area contributed by atoms with Crippen LogP contribution in [-0.4, -0.2) is 39.2 Å². The second kappa shape index (κ2) is 6.74. The molecule has 1 atom stereocenters. The zero-order chi connectivity index (χ0) is 12.8. The lowest BCUT2D eigenvalue weighted by molar-refractivity contribution is 0.177. The molecule has 0 heterocycles. The van der Waals surface area contributed by atoms with E-state index in [4.69, 9.17) is 9.47 Å². The van der Waals surface area contributed by atoms with Crippen LogP contribution in [0.5, 0.6) is 11.5 Å². The lowest BCUT2D eigenvalue weighted by atomic mass is 10.1. The van der Waals surface area contributed by atoms with Crippen molar-refractivity contribution in [3.63, 3.8) is 0 Å². The molecule has 0 aliphatic carbocycles. The third kappa shape index (κ3) is 3.28. The third-order valence-electron chi connectivity index (χ3n) is 2.47. The zero-order valence-corrected chi connectivity index (χ0v) is 11.4. The molecule has 0 fully saturated rings. The van der Waals surface area contributed by atoms with Crippen LogP contribution in [0.1, 0.15) is 11.7 Å². The lowest BCUT2D eigenvalue weighted by Gasteiger charge is -2.16. The highest BCUT2D eigenvalue weighted by molar-refractivity contribution is 7.98. The van der Waals surface area contributed by atoms with Gasteiger partial charge in [-0.15, -0.1) is 11.8 Å². The van der Waals surface area contributed by atoms with E-state index < -0.39 is 6.10 Å². The molecule has 0 spiro atoms. The number of ether oxygens (including phenoxy) is 2. The van der Waals surface area contributed by atoms with E-state index in [-0.39, 0.29) is 0 Å². The van der Waals surface area contributed by atoms with Crippen molar-refractivity contribution in [3.8, 4) is 11.5 Å². The highest BCUT2D eigenvalue weighted by Crippen LogP contribution is 2.39. The van der Waals surface area contributed by atoms with E-state index >= 15 is 0 Å². The number of benzene rings is 1. The number of nitrogens with one attached hydrogen (secondary N) is 1. The molecule has 0 aliphatic heterocycles. The van der Waals surface area contributed by atoms with Crippen LogP contribution in [-0.2, 0) is 0 Å². The Morgan fingerprint density at radius 3 is 2.53 bits per heavy atom. The predicted octanol–water partition coefficient (Wildman–Crippen LogP) is 1.68. The van der Waals surface area contributed by atoms with Gasteiger partial charge in [0.1, 0.15) is 0 Å². The lowest BCUT2D eigenvalue weighted by Crippen LogP contribution is -2.16. The minimum atomic E-state index is -0.550. The van der Waals surface area contributed by atoms with Crippen molar-refractivity contribution < 1.29 is 14.6 Å². The molecular formula is C12H19NO3S. The summed E-state index contributed by atoms with van der Waals surface area (Å²) in [7, 11) is 5.01. The Bertz CT molecular complexity index is 346. The molecule has 1 unspecified atom stereocenters. The third-order valence-corrected chi connectivity index (χ3v) is 3.21. The summed E-state index contributed by atoms with van der Waals surface area (Å²) in [6.07, 6.45) is 1.41. The van der Waals surface area contributed by atoms with Gasteiger partial charge in [-0.2, -0.15) is 0 Å². The summed E-state index contributed by atoms with van der Waals surface area (Å²) in [5, 5.41) is 12.9. The Balaban J connectivity index is 3.17. The van der Waals surface area contributed by atoms with Gasteiger partial charge in [-0.25, -0.2) is 0 Å². The molecule has 17 heavy (non-hydrogen) atoms. The molecular weight excluding hydrogens is 238 g/mol. The van der Waals surface area contributed by atoms with Gasteiger partial charge < -0.3 is 19.9 Å². The van der Waals surface area contributed by atoms with Crippen LogP contribution < -0.4 is 14.8 Å². The summed E-state index contributed by atoms with van der Waals surface area (Å²) < 4.78 is 10.6. The quantitative estimate of drug-likeness (QED) is 0.759. The first kappa shape index (κ1) is 14.2. The topological polar surface area (TPSA) is 50.7 Å². The molecule has 4 nitrogen and oxygen atoms in total. The van der Waals surface area contributed by atoms with Crippen LogP contribution in [0.3, 0.4) is 0 Å². The monoisotopic (exact) mass is 257 g/mol. The van der Waals surface area contributed by atoms with Gasteiger partial charge in [-0.3, -0.25) is 0 Å². The molecule has 96 valence electrons. The normalized spacial score (nSPS) is 12.3. The highest BCUT2D eigenvalue weighted by Gasteiger charge is 2.15. The number of hydrogen-bond acceptors (Lipinski definition) is 5. The smallest absolute Gasteiger partial charge is 0.174 e. The molecule has 2 N–H and O–H groups in total. The number of hydrogen-bond donors (Lipinski definition) is 2. The van der Waals surface area contributed by atoms with Crippen LogP contribution in [0.2, 0.25) is 0 Å². The van der Waals surface area contributed by atoms with Crippen molar-refractivity contribution >= 4 is 11.8 Å². The van der Waals surface area contributed by atoms with Gasteiger partial charge in [0.15, 0.2) is 11.5 Å². The van der Waals surface area contributed by atoms with Crippen LogP contribution >= 0.6 is 11.8 Å². The first-order chi connectivity index (χ1) is 8.17. The van der Waals surface area contributed by atoms with E-state index in [0.29, 0.717) is 18.0 Å². The Morgan fingerprint density at radius 1 is 1.35 bits per heavy atom. The number of aliphatic hydroxyl groups excluding tert-OH is 1. The molecule has 0 radical (unpaired) electrons. The SMILES string of the molecule is CNCC(O)c1cc(OC)c(OC)c(SC)c1. The number of likely N-dealkylation sites (N-methyl/N-ethyl adjacent to an activating group) is 1. The van der Waals surface area contributed by atoms with Crippen molar-refractivity contribution in [1.82, 2.24) is 5.32 Å². The number of rotatable bonds is 6. The predicted molar refractivity (Wildman–Crippen MR) is 70.2 cm³/mol. The summed E-state index contributed by atoms with van der Waals surface area (Å²) in [4.78, 5) is 0.956. The maximum atomic E-state index is 9.96. The van der Waals surface area contributed by atoms with E-state index in [1.807, 2.05) is 12.3 Å². The Hall–Kier alpha value is -0.910. The fourth-order valence-electron chi connectivity index (χ4n) is 1.60. The van der Waals surface area contributed by atoms with E-state index in [9.17, 15) is 5.11 Å². The van der Waals surface area contributed by atoms with Crippen LogP contribution in [0, 0.1) is 0 Å². The standard InChI is InChI=1S/C12H19NO3S/c1-13-7-9(14)8-5-10(15-2)12(16-3)11(6-8)17-4/h5-6,9,13-14H,7H2,1-4H3. The maximum Gasteiger partial charge on any atom is 0.174 e. The van der Waals surface area contributed by atoms with Crippen molar-refractivity contribution in [2.75, 3.05) is 34.1 Å².